The molecule has 0 bridgehead atoms. The number of allylic oxidation sites excluding steroid dienone is 2. The van der Waals surface area contributed by atoms with Gasteiger partial charge in [-0.3, -0.25) is 0 Å². The summed E-state index contributed by atoms with van der Waals surface area (Å²) in [7, 11) is 0. The molecule has 0 spiro atoms. The van der Waals surface area contributed by atoms with E-state index in [4.69, 9.17) is 0 Å². The fourth-order valence-electron chi connectivity index (χ4n) is 3.00. The molecule has 0 amide bonds. The molecule has 120 valence electrons. The van der Waals surface area contributed by atoms with E-state index in [0.717, 1.165) is 12.8 Å². The second-order valence-electron chi connectivity index (χ2n) is 6.20. The van der Waals surface area contributed by atoms with Crippen LogP contribution in [0.2, 0.25) is 0 Å². The molecule has 2 aromatic rings. The Morgan fingerprint density at radius 1 is 0.957 bits per heavy atom. The Hall–Kier alpha value is -1.35. The third kappa shape index (κ3) is 3.95. The van der Waals surface area contributed by atoms with Crippen molar-refractivity contribution in [2.45, 2.75) is 36.0 Å². The number of rotatable bonds is 7. The highest BCUT2D eigenvalue weighted by molar-refractivity contribution is 14.1. The molecule has 0 N–H and O–H groups in total. The molecule has 0 heterocycles. The molecule has 0 radical (unpaired) electrons. The molecule has 1 heteroatoms. The average Bonchev–Trinajstić information content (AvgIpc) is 2.55. The Labute approximate surface area is 154 Å². The van der Waals surface area contributed by atoms with Gasteiger partial charge >= 0.3 is 0 Å². The van der Waals surface area contributed by atoms with Crippen LogP contribution in [-0.2, 0) is 18.3 Å². The van der Waals surface area contributed by atoms with Crippen molar-refractivity contribution in [3.8, 4) is 0 Å². The van der Waals surface area contributed by atoms with Crippen LogP contribution in [0.3, 0.4) is 0 Å². The molecular formula is C22H25I. The minimum Gasteiger partial charge on any atom is -0.103 e. The van der Waals surface area contributed by atoms with Gasteiger partial charge in [0.25, 0.3) is 0 Å². The van der Waals surface area contributed by atoms with E-state index in [-0.39, 0.29) is 5.41 Å². The van der Waals surface area contributed by atoms with Crippen molar-refractivity contribution in [3.63, 3.8) is 0 Å². The number of alkyl halides is 1. The third-order valence-electron chi connectivity index (χ3n) is 4.61. The topological polar surface area (TPSA) is 0 Å². The molecule has 0 saturated carbocycles. The zero-order valence-corrected chi connectivity index (χ0v) is 16.2. The van der Waals surface area contributed by atoms with Crippen molar-refractivity contribution in [3.05, 3.63) is 96.1 Å². The van der Waals surface area contributed by atoms with Crippen LogP contribution < -0.4 is 0 Å². The first-order valence-corrected chi connectivity index (χ1v) is 9.31. The first-order valence-electron chi connectivity index (χ1n) is 8.07. The van der Waals surface area contributed by atoms with Gasteiger partial charge in [-0.25, -0.2) is 0 Å². The van der Waals surface area contributed by atoms with Gasteiger partial charge in [0.1, 0.15) is 0 Å². The highest BCUT2D eigenvalue weighted by atomic mass is 127. The highest BCUT2D eigenvalue weighted by Crippen LogP contribution is 2.39. The average molecular weight is 416 g/mol. The normalized spacial score (nSPS) is 12.7. The van der Waals surface area contributed by atoms with Gasteiger partial charge in [-0.15, -0.1) is 13.2 Å². The molecule has 0 aliphatic heterocycles. The quantitative estimate of drug-likeness (QED) is 0.283. The monoisotopic (exact) mass is 416 g/mol. The van der Waals surface area contributed by atoms with Gasteiger partial charge in [0.2, 0.25) is 0 Å². The van der Waals surface area contributed by atoms with Crippen molar-refractivity contribution in [2.75, 3.05) is 0 Å². The summed E-state index contributed by atoms with van der Waals surface area (Å²) in [6.45, 7) is 12.4. The largest absolute Gasteiger partial charge is 0.103 e. The molecule has 1 unspecified atom stereocenters. The summed E-state index contributed by atoms with van der Waals surface area (Å²) >= 11 is 2.55. The van der Waals surface area contributed by atoms with Gasteiger partial charge in [0.15, 0.2) is 0 Å². The van der Waals surface area contributed by atoms with E-state index in [0.29, 0.717) is 3.92 Å². The van der Waals surface area contributed by atoms with Crippen molar-refractivity contribution >= 4 is 22.6 Å². The van der Waals surface area contributed by atoms with E-state index in [1.54, 1.807) is 0 Å². The molecule has 1 atom stereocenters. The predicted octanol–water partition coefficient (Wildman–Crippen LogP) is 6.27. The molecule has 0 fully saturated rings. The van der Waals surface area contributed by atoms with Gasteiger partial charge < -0.3 is 0 Å². The van der Waals surface area contributed by atoms with E-state index in [1.807, 2.05) is 12.2 Å². The molecule has 0 saturated heterocycles. The minimum absolute atomic E-state index is 0.0189. The van der Waals surface area contributed by atoms with Crippen molar-refractivity contribution < 1.29 is 0 Å². The Morgan fingerprint density at radius 2 is 1.39 bits per heavy atom. The third-order valence-corrected chi connectivity index (χ3v) is 5.85. The van der Waals surface area contributed by atoms with Gasteiger partial charge in [-0.2, -0.15) is 0 Å². The maximum absolute atomic E-state index is 3.86. The Bertz CT molecular complexity index is 628. The second-order valence-corrected chi connectivity index (χ2v) is 8.07. The number of hydrogen-bond acceptors (Lipinski definition) is 0. The summed E-state index contributed by atoms with van der Waals surface area (Å²) in [6, 6.07) is 17.9. The Morgan fingerprint density at radius 3 is 1.74 bits per heavy atom. The lowest BCUT2D eigenvalue weighted by atomic mass is 9.73. The van der Waals surface area contributed by atoms with E-state index >= 15 is 0 Å². The van der Waals surface area contributed by atoms with E-state index < -0.39 is 0 Å². The number of benzene rings is 2. The van der Waals surface area contributed by atoms with Gasteiger partial charge in [0, 0.05) is 9.34 Å². The lowest BCUT2D eigenvalue weighted by Gasteiger charge is -2.35. The predicted molar refractivity (Wildman–Crippen MR) is 111 cm³/mol. The van der Waals surface area contributed by atoms with Crippen LogP contribution >= 0.6 is 22.6 Å². The summed E-state index contributed by atoms with van der Waals surface area (Å²) < 4.78 is 0.470. The van der Waals surface area contributed by atoms with Crippen LogP contribution in [0.1, 0.15) is 36.1 Å². The van der Waals surface area contributed by atoms with Crippen LogP contribution in [0.25, 0.3) is 0 Å². The van der Waals surface area contributed by atoms with Crippen LogP contribution in [0.5, 0.6) is 0 Å². The highest BCUT2D eigenvalue weighted by Gasteiger charge is 2.33. The molecule has 2 rings (SSSR count). The van der Waals surface area contributed by atoms with E-state index in [9.17, 15) is 0 Å². The summed E-state index contributed by atoms with van der Waals surface area (Å²) in [5.74, 6) is 0. The summed E-state index contributed by atoms with van der Waals surface area (Å²) in [6.07, 6.45) is 5.76. The fourth-order valence-corrected chi connectivity index (χ4v) is 3.72. The van der Waals surface area contributed by atoms with Crippen LogP contribution in [-0.4, -0.2) is 3.92 Å². The Kier molecular flexibility index (Phi) is 6.23. The van der Waals surface area contributed by atoms with Gasteiger partial charge in [-0.1, -0.05) is 97.1 Å². The number of hydrogen-bond donors (Lipinski definition) is 0. The van der Waals surface area contributed by atoms with E-state index in [2.05, 4.69) is 98.1 Å². The lowest BCUT2D eigenvalue weighted by Crippen LogP contribution is -2.32. The molecular weight excluding hydrogens is 391 g/mol. The first-order chi connectivity index (χ1) is 11.0. The Balaban J connectivity index is 2.55. The van der Waals surface area contributed by atoms with Gasteiger partial charge in [0.05, 0.1) is 0 Å². The van der Waals surface area contributed by atoms with Crippen molar-refractivity contribution in [1.29, 1.82) is 0 Å². The summed E-state index contributed by atoms with van der Waals surface area (Å²) in [5.41, 5.74) is 5.37. The lowest BCUT2D eigenvalue weighted by molar-refractivity contribution is 0.579. The molecule has 23 heavy (non-hydrogen) atoms. The molecule has 0 aromatic heterocycles. The van der Waals surface area contributed by atoms with Crippen LogP contribution in [0, 0.1) is 0 Å². The second kappa shape index (κ2) is 7.96. The summed E-state index contributed by atoms with van der Waals surface area (Å²) in [4.78, 5) is 0. The maximum Gasteiger partial charge on any atom is 0.0289 e. The minimum atomic E-state index is -0.0189. The molecule has 2 aromatic carbocycles. The molecule has 0 nitrogen and oxygen atoms in total. The summed E-state index contributed by atoms with van der Waals surface area (Å²) in [5, 5.41) is 0. The van der Waals surface area contributed by atoms with E-state index in [1.165, 1.54) is 22.3 Å². The SMILES string of the molecule is C=CCc1cccc(C(C)(c2cccc(CC=C)c2)C(C)I)c1. The smallest absolute Gasteiger partial charge is 0.0289 e. The fraction of sp³-hybridized carbons (Fsp3) is 0.273. The first kappa shape index (κ1) is 18.0. The number of halogens is 1. The standard InChI is InChI=1S/C22H25I/c1-5-9-18-11-7-13-20(15-18)22(4,17(3)23)21-14-8-12-19(16-21)10-6-2/h5-8,11-17H,1-2,9-10H2,3-4H3. The van der Waals surface area contributed by atoms with Gasteiger partial charge in [-0.05, 0) is 35.1 Å². The zero-order chi connectivity index (χ0) is 16.9. The van der Waals surface area contributed by atoms with Crippen molar-refractivity contribution in [1.82, 2.24) is 0 Å². The molecule has 0 aliphatic rings. The van der Waals surface area contributed by atoms with Crippen LogP contribution in [0.4, 0.5) is 0 Å². The molecule has 0 aliphatic carbocycles. The maximum atomic E-state index is 3.86. The van der Waals surface area contributed by atoms with Crippen molar-refractivity contribution in [2.24, 2.45) is 0 Å². The zero-order valence-electron chi connectivity index (χ0n) is 14.1. The van der Waals surface area contributed by atoms with Crippen LogP contribution in [0.15, 0.2) is 73.8 Å².